The van der Waals surface area contributed by atoms with Crippen LogP contribution < -0.4 is 5.73 Å². The predicted molar refractivity (Wildman–Crippen MR) is 49.7 cm³/mol. The number of carbonyl (C=O) groups is 1. The van der Waals surface area contributed by atoms with E-state index in [0.717, 1.165) is 12.0 Å². The van der Waals surface area contributed by atoms with Gasteiger partial charge in [-0.25, -0.2) is 4.98 Å². The number of rotatable bonds is 1. The summed E-state index contributed by atoms with van der Waals surface area (Å²) in [6, 6.07) is 3.41. The molecule has 0 fully saturated rings. The van der Waals surface area contributed by atoms with E-state index in [4.69, 9.17) is 5.73 Å². The SMILES string of the molecule is Cc1nc2cc(C=O)ccn2c1N. The third-order valence-electron chi connectivity index (χ3n) is 2.01. The Bertz CT molecular complexity index is 473. The quantitative estimate of drug-likeness (QED) is 0.658. The zero-order valence-corrected chi connectivity index (χ0v) is 7.19. The molecule has 2 aromatic rings. The van der Waals surface area contributed by atoms with Crippen molar-refractivity contribution in [1.82, 2.24) is 9.38 Å². The number of hydrogen-bond acceptors (Lipinski definition) is 3. The minimum atomic E-state index is 0.609. The van der Waals surface area contributed by atoms with Gasteiger partial charge >= 0.3 is 0 Å². The Morgan fingerprint density at radius 3 is 3.08 bits per heavy atom. The number of carbonyl (C=O) groups excluding carboxylic acids is 1. The molecule has 0 radical (unpaired) electrons. The maximum atomic E-state index is 10.5. The van der Waals surface area contributed by atoms with Crippen LogP contribution in [-0.2, 0) is 0 Å². The van der Waals surface area contributed by atoms with Crippen molar-refractivity contribution in [3.8, 4) is 0 Å². The third-order valence-corrected chi connectivity index (χ3v) is 2.01. The van der Waals surface area contributed by atoms with Crippen LogP contribution in [-0.4, -0.2) is 15.7 Å². The van der Waals surface area contributed by atoms with Crippen molar-refractivity contribution in [3.63, 3.8) is 0 Å². The van der Waals surface area contributed by atoms with Crippen molar-refractivity contribution in [2.45, 2.75) is 6.92 Å². The molecule has 0 spiro atoms. The number of fused-ring (bicyclic) bond motifs is 1. The topological polar surface area (TPSA) is 60.4 Å². The molecule has 4 heteroatoms. The maximum absolute atomic E-state index is 10.5. The lowest BCUT2D eigenvalue weighted by molar-refractivity contribution is 0.112. The second kappa shape index (κ2) is 2.58. The molecule has 13 heavy (non-hydrogen) atoms. The zero-order chi connectivity index (χ0) is 9.42. The molecular weight excluding hydrogens is 166 g/mol. The summed E-state index contributed by atoms with van der Waals surface area (Å²) in [5.74, 6) is 0.618. The van der Waals surface area contributed by atoms with Gasteiger partial charge in [0.15, 0.2) is 0 Å². The third kappa shape index (κ3) is 1.07. The summed E-state index contributed by atoms with van der Waals surface area (Å²) < 4.78 is 1.75. The fourth-order valence-corrected chi connectivity index (χ4v) is 1.27. The first-order chi connectivity index (χ1) is 6.22. The van der Waals surface area contributed by atoms with E-state index < -0.39 is 0 Å². The van der Waals surface area contributed by atoms with E-state index in [-0.39, 0.29) is 0 Å². The van der Waals surface area contributed by atoms with Gasteiger partial charge in [0.1, 0.15) is 17.8 Å². The molecule has 0 aliphatic heterocycles. The van der Waals surface area contributed by atoms with Crippen LogP contribution in [0.5, 0.6) is 0 Å². The van der Waals surface area contributed by atoms with Crippen LogP contribution in [0.2, 0.25) is 0 Å². The number of aromatic nitrogens is 2. The van der Waals surface area contributed by atoms with Gasteiger partial charge in [0, 0.05) is 11.8 Å². The lowest BCUT2D eigenvalue weighted by Gasteiger charge is -1.95. The highest BCUT2D eigenvalue weighted by Gasteiger charge is 2.04. The lowest BCUT2D eigenvalue weighted by Crippen LogP contribution is -1.94. The molecule has 0 saturated carbocycles. The first kappa shape index (κ1) is 7.79. The highest BCUT2D eigenvalue weighted by atomic mass is 16.1. The van der Waals surface area contributed by atoms with Crippen molar-refractivity contribution in [2.75, 3.05) is 5.73 Å². The normalized spacial score (nSPS) is 10.5. The molecule has 4 nitrogen and oxygen atoms in total. The van der Waals surface area contributed by atoms with Gasteiger partial charge in [-0.15, -0.1) is 0 Å². The second-order valence-corrected chi connectivity index (χ2v) is 2.89. The van der Waals surface area contributed by atoms with Crippen LogP contribution in [0.1, 0.15) is 16.1 Å². The van der Waals surface area contributed by atoms with Crippen molar-refractivity contribution in [1.29, 1.82) is 0 Å². The van der Waals surface area contributed by atoms with Crippen LogP contribution in [0, 0.1) is 6.92 Å². The molecule has 2 rings (SSSR count). The molecule has 0 saturated heterocycles. The number of imidazole rings is 1. The van der Waals surface area contributed by atoms with Gasteiger partial charge in [-0.1, -0.05) is 0 Å². The van der Waals surface area contributed by atoms with Gasteiger partial charge in [0.25, 0.3) is 0 Å². The van der Waals surface area contributed by atoms with Gasteiger partial charge in [-0.2, -0.15) is 0 Å². The largest absolute Gasteiger partial charge is 0.383 e. The van der Waals surface area contributed by atoms with Crippen molar-refractivity contribution < 1.29 is 4.79 Å². The first-order valence-electron chi connectivity index (χ1n) is 3.92. The molecule has 2 aromatic heterocycles. The Hall–Kier alpha value is -1.84. The van der Waals surface area contributed by atoms with Gasteiger partial charge in [-0.3, -0.25) is 9.20 Å². The summed E-state index contributed by atoms with van der Waals surface area (Å²) in [7, 11) is 0. The summed E-state index contributed by atoms with van der Waals surface area (Å²) in [6.45, 7) is 1.84. The maximum Gasteiger partial charge on any atom is 0.150 e. The molecule has 0 atom stereocenters. The van der Waals surface area contributed by atoms with Gasteiger partial charge in [0.2, 0.25) is 0 Å². The van der Waals surface area contributed by atoms with E-state index in [1.807, 2.05) is 6.92 Å². The summed E-state index contributed by atoms with van der Waals surface area (Å²) in [6.07, 6.45) is 2.54. The monoisotopic (exact) mass is 175 g/mol. The second-order valence-electron chi connectivity index (χ2n) is 2.89. The number of nitrogen functional groups attached to an aromatic ring is 1. The Kier molecular flexibility index (Phi) is 1.55. The summed E-state index contributed by atoms with van der Waals surface area (Å²) >= 11 is 0. The van der Waals surface area contributed by atoms with E-state index in [2.05, 4.69) is 4.98 Å². The molecule has 66 valence electrons. The average Bonchev–Trinajstić information content (AvgIpc) is 2.42. The van der Waals surface area contributed by atoms with E-state index in [9.17, 15) is 4.79 Å². The minimum absolute atomic E-state index is 0.609. The van der Waals surface area contributed by atoms with Crippen LogP contribution in [0.4, 0.5) is 5.82 Å². The number of pyridine rings is 1. The Morgan fingerprint density at radius 2 is 2.38 bits per heavy atom. The molecule has 2 heterocycles. The Balaban J connectivity index is 2.79. The molecule has 2 N–H and O–H groups in total. The zero-order valence-electron chi connectivity index (χ0n) is 7.19. The van der Waals surface area contributed by atoms with Crippen LogP contribution in [0.15, 0.2) is 18.3 Å². The van der Waals surface area contributed by atoms with Crippen LogP contribution >= 0.6 is 0 Å². The molecular formula is C9H9N3O. The minimum Gasteiger partial charge on any atom is -0.383 e. The Morgan fingerprint density at radius 1 is 1.62 bits per heavy atom. The smallest absolute Gasteiger partial charge is 0.150 e. The van der Waals surface area contributed by atoms with Gasteiger partial charge < -0.3 is 5.73 Å². The highest BCUT2D eigenvalue weighted by Crippen LogP contribution is 2.14. The number of hydrogen-bond donors (Lipinski definition) is 1. The summed E-state index contributed by atoms with van der Waals surface area (Å²) in [4.78, 5) is 14.7. The standard InChI is InChI=1S/C9H9N3O/c1-6-9(10)12-3-2-7(5-13)4-8(12)11-6/h2-5H,10H2,1H3. The van der Waals surface area contributed by atoms with Crippen LogP contribution in [0.3, 0.4) is 0 Å². The van der Waals surface area contributed by atoms with Crippen molar-refractivity contribution in [3.05, 3.63) is 29.6 Å². The molecule has 0 unspecified atom stereocenters. The number of nitrogens with zero attached hydrogens (tertiary/aromatic N) is 2. The fraction of sp³-hybridized carbons (Fsp3) is 0.111. The van der Waals surface area contributed by atoms with E-state index >= 15 is 0 Å². The average molecular weight is 175 g/mol. The fourth-order valence-electron chi connectivity index (χ4n) is 1.27. The molecule has 0 aliphatic rings. The lowest BCUT2D eigenvalue weighted by atomic mass is 10.3. The summed E-state index contributed by atoms with van der Waals surface area (Å²) in [5, 5.41) is 0. The molecule has 0 aliphatic carbocycles. The summed E-state index contributed by atoms with van der Waals surface area (Å²) in [5.41, 5.74) is 7.84. The molecule has 0 amide bonds. The predicted octanol–water partition coefficient (Wildman–Crippen LogP) is 1.04. The van der Waals surface area contributed by atoms with Gasteiger partial charge in [-0.05, 0) is 19.1 Å². The highest BCUT2D eigenvalue weighted by molar-refractivity contribution is 5.77. The number of anilines is 1. The van der Waals surface area contributed by atoms with E-state index in [0.29, 0.717) is 17.0 Å². The number of aryl methyl sites for hydroxylation is 1. The van der Waals surface area contributed by atoms with Crippen molar-refractivity contribution >= 4 is 17.8 Å². The first-order valence-corrected chi connectivity index (χ1v) is 3.92. The van der Waals surface area contributed by atoms with Crippen LogP contribution in [0.25, 0.3) is 5.65 Å². The van der Waals surface area contributed by atoms with E-state index in [1.54, 1.807) is 22.7 Å². The number of aldehydes is 1. The molecule has 0 bridgehead atoms. The number of nitrogens with two attached hydrogens (primary N) is 1. The van der Waals surface area contributed by atoms with Crippen molar-refractivity contribution in [2.24, 2.45) is 0 Å². The van der Waals surface area contributed by atoms with Gasteiger partial charge in [0.05, 0.1) is 5.69 Å². The van der Waals surface area contributed by atoms with E-state index in [1.165, 1.54) is 0 Å². The Labute approximate surface area is 75.0 Å². The molecule has 0 aromatic carbocycles.